The standard InChI is InChI=1S/C21H20N4O5/c1-25-17(13-7-5-4-6-8-13)12-18(24-25)23-21(28)22-16-11-14(19(26)29-2)9-10-15(16)20(27)30-3/h4-12H,1-3H3,(H2,22,23,24,28). The number of esters is 2. The minimum absolute atomic E-state index is 0.0892. The highest BCUT2D eigenvalue weighted by Gasteiger charge is 2.18. The van der Waals surface area contributed by atoms with Crippen molar-refractivity contribution in [2.75, 3.05) is 24.9 Å². The Kier molecular flexibility index (Phi) is 6.11. The van der Waals surface area contributed by atoms with Gasteiger partial charge in [-0.05, 0) is 23.8 Å². The van der Waals surface area contributed by atoms with Gasteiger partial charge >= 0.3 is 18.0 Å². The van der Waals surface area contributed by atoms with E-state index < -0.39 is 18.0 Å². The van der Waals surface area contributed by atoms with Crippen LogP contribution >= 0.6 is 0 Å². The molecule has 2 N–H and O–H groups in total. The second-order valence-corrected chi connectivity index (χ2v) is 6.23. The summed E-state index contributed by atoms with van der Waals surface area (Å²) in [6, 6.07) is 14.8. The molecule has 3 rings (SSSR count). The summed E-state index contributed by atoms with van der Waals surface area (Å²) in [6.07, 6.45) is 0. The fourth-order valence-electron chi connectivity index (χ4n) is 2.86. The number of hydrogen-bond acceptors (Lipinski definition) is 6. The molecule has 0 saturated heterocycles. The first-order chi connectivity index (χ1) is 14.4. The first-order valence-electron chi connectivity index (χ1n) is 8.91. The molecular weight excluding hydrogens is 388 g/mol. The third kappa shape index (κ3) is 4.46. The van der Waals surface area contributed by atoms with Crippen LogP contribution in [0.1, 0.15) is 20.7 Å². The zero-order chi connectivity index (χ0) is 21.7. The summed E-state index contributed by atoms with van der Waals surface area (Å²) in [4.78, 5) is 36.3. The number of ether oxygens (including phenoxy) is 2. The number of aryl methyl sites for hydroxylation is 1. The van der Waals surface area contributed by atoms with Crippen molar-refractivity contribution in [3.63, 3.8) is 0 Å². The zero-order valence-electron chi connectivity index (χ0n) is 16.6. The van der Waals surface area contributed by atoms with Crippen molar-refractivity contribution in [3.05, 3.63) is 65.7 Å². The quantitative estimate of drug-likeness (QED) is 0.627. The maximum absolute atomic E-state index is 12.5. The van der Waals surface area contributed by atoms with E-state index in [0.29, 0.717) is 5.82 Å². The number of carbonyl (C=O) groups excluding carboxylic acids is 3. The molecule has 9 heteroatoms. The minimum Gasteiger partial charge on any atom is -0.465 e. The Morgan fingerprint density at radius 1 is 0.900 bits per heavy atom. The Morgan fingerprint density at radius 3 is 2.27 bits per heavy atom. The number of hydrogen-bond donors (Lipinski definition) is 2. The van der Waals surface area contributed by atoms with Gasteiger partial charge in [0.25, 0.3) is 0 Å². The average Bonchev–Trinajstić information content (AvgIpc) is 3.12. The summed E-state index contributed by atoms with van der Waals surface area (Å²) in [5, 5.41) is 9.45. The van der Waals surface area contributed by atoms with Gasteiger partial charge in [-0.25, -0.2) is 14.4 Å². The number of nitrogens with zero attached hydrogens (tertiary/aromatic N) is 2. The second kappa shape index (κ2) is 8.91. The Bertz CT molecular complexity index is 1090. The molecule has 154 valence electrons. The number of urea groups is 1. The molecule has 0 bridgehead atoms. The van der Waals surface area contributed by atoms with Crippen molar-refractivity contribution in [1.29, 1.82) is 0 Å². The largest absolute Gasteiger partial charge is 0.465 e. The van der Waals surface area contributed by atoms with E-state index in [1.165, 1.54) is 32.4 Å². The van der Waals surface area contributed by atoms with Crippen LogP contribution in [-0.2, 0) is 16.5 Å². The molecule has 9 nitrogen and oxygen atoms in total. The van der Waals surface area contributed by atoms with Gasteiger partial charge in [-0.3, -0.25) is 10.00 Å². The van der Waals surface area contributed by atoms with Gasteiger partial charge in [-0.1, -0.05) is 30.3 Å². The van der Waals surface area contributed by atoms with Crippen LogP contribution in [0.4, 0.5) is 16.3 Å². The molecule has 0 spiro atoms. The van der Waals surface area contributed by atoms with Gasteiger partial charge in [-0.15, -0.1) is 0 Å². The SMILES string of the molecule is COC(=O)c1ccc(C(=O)OC)c(NC(=O)Nc2cc(-c3ccccc3)n(C)n2)c1. The molecule has 0 radical (unpaired) electrons. The van der Waals surface area contributed by atoms with Crippen LogP contribution < -0.4 is 10.6 Å². The summed E-state index contributed by atoms with van der Waals surface area (Å²) >= 11 is 0. The lowest BCUT2D eigenvalue weighted by molar-refractivity contribution is 0.0587. The third-order valence-electron chi connectivity index (χ3n) is 4.29. The summed E-state index contributed by atoms with van der Waals surface area (Å²) in [5.41, 5.74) is 2.12. The molecule has 30 heavy (non-hydrogen) atoms. The molecule has 0 fully saturated rings. The van der Waals surface area contributed by atoms with Crippen LogP contribution in [0.3, 0.4) is 0 Å². The van der Waals surface area contributed by atoms with Crippen molar-refractivity contribution in [2.45, 2.75) is 0 Å². The lowest BCUT2D eigenvalue weighted by Crippen LogP contribution is -2.22. The number of amides is 2. The van der Waals surface area contributed by atoms with Crippen LogP contribution in [0.25, 0.3) is 11.3 Å². The lowest BCUT2D eigenvalue weighted by Gasteiger charge is -2.11. The summed E-state index contributed by atoms with van der Waals surface area (Å²) in [6.45, 7) is 0. The van der Waals surface area contributed by atoms with E-state index in [2.05, 4.69) is 20.5 Å². The topological polar surface area (TPSA) is 112 Å². The van der Waals surface area contributed by atoms with Crippen molar-refractivity contribution >= 4 is 29.5 Å². The first-order valence-corrected chi connectivity index (χ1v) is 8.91. The van der Waals surface area contributed by atoms with Gasteiger partial charge in [0.05, 0.1) is 36.7 Å². The minimum atomic E-state index is -0.661. The summed E-state index contributed by atoms with van der Waals surface area (Å²) < 4.78 is 11.1. The van der Waals surface area contributed by atoms with Gasteiger partial charge in [-0.2, -0.15) is 5.10 Å². The molecular formula is C21H20N4O5. The lowest BCUT2D eigenvalue weighted by atomic mass is 10.1. The second-order valence-electron chi connectivity index (χ2n) is 6.23. The highest BCUT2D eigenvalue weighted by atomic mass is 16.5. The van der Waals surface area contributed by atoms with Gasteiger partial charge in [0.1, 0.15) is 0 Å². The Hall–Kier alpha value is -4.14. The van der Waals surface area contributed by atoms with Gasteiger partial charge in [0.2, 0.25) is 0 Å². The number of carbonyl (C=O) groups is 3. The normalized spacial score (nSPS) is 10.2. The van der Waals surface area contributed by atoms with Crippen molar-refractivity contribution < 1.29 is 23.9 Å². The predicted octanol–water partition coefficient (Wildman–Crippen LogP) is 3.30. The number of anilines is 2. The molecule has 0 aliphatic heterocycles. The molecule has 0 saturated carbocycles. The molecule has 1 aromatic heterocycles. The highest BCUT2D eigenvalue weighted by molar-refractivity contribution is 6.06. The van der Waals surface area contributed by atoms with E-state index in [-0.39, 0.29) is 16.8 Å². The van der Waals surface area contributed by atoms with Crippen LogP contribution in [0, 0.1) is 0 Å². The van der Waals surface area contributed by atoms with Crippen LogP contribution in [0.5, 0.6) is 0 Å². The number of aromatic nitrogens is 2. The van der Waals surface area contributed by atoms with E-state index in [0.717, 1.165) is 11.3 Å². The monoisotopic (exact) mass is 408 g/mol. The molecule has 1 heterocycles. The van der Waals surface area contributed by atoms with Crippen LogP contribution in [0.15, 0.2) is 54.6 Å². The van der Waals surface area contributed by atoms with E-state index in [1.807, 2.05) is 30.3 Å². The van der Waals surface area contributed by atoms with E-state index in [4.69, 9.17) is 4.74 Å². The van der Waals surface area contributed by atoms with Crippen molar-refractivity contribution in [1.82, 2.24) is 9.78 Å². The number of benzene rings is 2. The van der Waals surface area contributed by atoms with Gasteiger partial charge in [0.15, 0.2) is 5.82 Å². The Balaban J connectivity index is 1.82. The molecule has 2 aromatic carbocycles. The third-order valence-corrected chi connectivity index (χ3v) is 4.29. The Labute approximate surface area is 172 Å². The predicted molar refractivity (Wildman–Crippen MR) is 110 cm³/mol. The van der Waals surface area contributed by atoms with E-state index in [9.17, 15) is 14.4 Å². The average molecular weight is 408 g/mol. The molecule has 0 aliphatic rings. The van der Waals surface area contributed by atoms with Crippen molar-refractivity contribution in [3.8, 4) is 11.3 Å². The number of rotatable bonds is 5. The van der Waals surface area contributed by atoms with Gasteiger partial charge in [0, 0.05) is 13.1 Å². The summed E-state index contributed by atoms with van der Waals surface area (Å²) in [7, 11) is 4.22. The van der Waals surface area contributed by atoms with Crippen LogP contribution in [0.2, 0.25) is 0 Å². The summed E-state index contributed by atoms with van der Waals surface area (Å²) in [5.74, 6) is -0.949. The highest BCUT2D eigenvalue weighted by Crippen LogP contribution is 2.23. The van der Waals surface area contributed by atoms with Crippen molar-refractivity contribution in [2.24, 2.45) is 7.05 Å². The van der Waals surface area contributed by atoms with E-state index >= 15 is 0 Å². The first kappa shape index (κ1) is 20.6. The maximum atomic E-state index is 12.5. The van der Waals surface area contributed by atoms with Crippen LogP contribution in [-0.4, -0.2) is 42.0 Å². The molecule has 0 aliphatic carbocycles. The smallest absolute Gasteiger partial charge is 0.339 e. The molecule has 3 aromatic rings. The number of nitrogens with one attached hydrogen (secondary N) is 2. The fraction of sp³-hybridized carbons (Fsp3) is 0.143. The molecule has 0 unspecified atom stereocenters. The van der Waals surface area contributed by atoms with Gasteiger partial charge < -0.3 is 14.8 Å². The van der Waals surface area contributed by atoms with E-state index in [1.54, 1.807) is 17.8 Å². The Morgan fingerprint density at radius 2 is 1.60 bits per heavy atom. The zero-order valence-corrected chi connectivity index (χ0v) is 16.6. The fourth-order valence-corrected chi connectivity index (χ4v) is 2.86. The number of methoxy groups -OCH3 is 2. The molecule has 2 amide bonds. The maximum Gasteiger partial charge on any atom is 0.339 e. The molecule has 0 atom stereocenters.